The van der Waals surface area contributed by atoms with E-state index in [1.165, 1.54) is 4.90 Å². The highest BCUT2D eigenvalue weighted by Gasteiger charge is 2.18. The molecular formula is C18H28N4O3. The lowest BCUT2D eigenvalue weighted by molar-refractivity contribution is -0.128. The molecule has 0 spiro atoms. The van der Waals surface area contributed by atoms with E-state index in [1.807, 2.05) is 20.8 Å². The summed E-state index contributed by atoms with van der Waals surface area (Å²) in [6, 6.07) is 6.26. The van der Waals surface area contributed by atoms with Crippen molar-refractivity contribution >= 4 is 23.5 Å². The second-order valence-electron chi connectivity index (χ2n) is 6.69. The van der Waals surface area contributed by atoms with Crippen LogP contribution in [0, 0.1) is 0 Å². The van der Waals surface area contributed by atoms with Gasteiger partial charge in [-0.15, -0.1) is 0 Å². The number of amides is 4. The van der Waals surface area contributed by atoms with E-state index in [4.69, 9.17) is 0 Å². The molecule has 0 radical (unpaired) electrons. The fraction of sp³-hybridized carbons (Fsp3) is 0.500. The SMILES string of the molecule is CCC(C)(C)NC(=O)c1ccc(NC(=O)NCCC(=O)N(C)C)cc1. The van der Waals surface area contributed by atoms with Crippen LogP contribution in [0.4, 0.5) is 10.5 Å². The molecule has 0 aromatic heterocycles. The van der Waals surface area contributed by atoms with Gasteiger partial charge in [-0.1, -0.05) is 6.92 Å². The molecule has 3 N–H and O–H groups in total. The molecule has 7 nitrogen and oxygen atoms in total. The zero-order chi connectivity index (χ0) is 19.0. The molecule has 4 amide bonds. The first-order valence-corrected chi connectivity index (χ1v) is 8.32. The maximum absolute atomic E-state index is 12.2. The standard InChI is InChI=1S/C18H28N4O3/c1-6-18(2,3)21-16(24)13-7-9-14(10-8-13)20-17(25)19-12-11-15(23)22(4)5/h7-10H,6,11-12H2,1-5H3,(H,21,24)(H2,19,20,25). The minimum absolute atomic E-state index is 0.0503. The Hall–Kier alpha value is -2.57. The topological polar surface area (TPSA) is 90.5 Å². The number of hydrogen-bond acceptors (Lipinski definition) is 3. The lowest BCUT2D eigenvalue weighted by Gasteiger charge is -2.24. The van der Waals surface area contributed by atoms with E-state index in [0.717, 1.165) is 6.42 Å². The summed E-state index contributed by atoms with van der Waals surface area (Å²) in [5.41, 5.74) is 0.838. The van der Waals surface area contributed by atoms with Crippen molar-refractivity contribution in [3.8, 4) is 0 Å². The Morgan fingerprint density at radius 1 is 1.08 bits per heavy atom. The van der Waals surface area contributed by atoms with E-state index in [1.54, 1.807) is 38.4 Å². The summed E-state index contributed by atoms with van der Waals surface area (Å²) in [5, 5.41) is 8.24. The number of nitrogens with zero attached hydrogens (tertiary/aromatic N) is 1. The summed E-state index contributed by atoms with van der Waals surface area (Å²) in [6.45, 7) is 6.20. The van der Waals surface area contributed by atoms with E-state index >= 15 is 0 Å². The highest BCUT2D eigenvalue weighted by Crippen LogP contribution is 2.12. The van der Waals surface area contributed by atoms with E-state index in [9.17, 15) is 14.4 Å². The molecule has 0 bridgehead atoms. The molecular weight excluding hydrogens is 320 g/mol. The minimum atomic E-state index is -0.393. The molecule has 0 heterocycles. The van der Waals surface area contributed by atoms with Crippen LogP contribution in [-0.2, 0) is 4.79 Å². The van der Waals surface area contributed by atoms with Gasteiger partial charge in [0.05, 0.1) is 0 Å². The van der Waals surface area contributed by atoms with Crippen LogP contribution in [-0.4, -0.2) is 48.9 Å². The maximum Gasteiger partial charge on any atom is 0.319 e. The van der Waals surface area contributed by atoms with Crippen LogP contribution in [0.25, 0.3) is 0 Å². The van der Waals surface area contributed by atoms with Crippen molar-refractivity contribution in [2.45, 2.75) is 39.2 Å². The molecule has 1 aromatic rings. The van der Waals surface area contributed by atoms with Crippen molar-refractivity contribution in [2.75, 3.05) is 26.0 Å². The summed E-state index contributed by atoms with van der Waals surface area (Å²) >= 11 is 0. The zero-order valence-corrected chi connectivity index (χ0v) is 15.6. The fourth-order valence-corrected chi connectivity index (χ4v) is 1.85. The first kappa shape index (κ1) is 20.5. The quantitative estimate of drug-likeness (QED) is 0.705. The molecule has 0 unspecified atom stereocenters. The van der Waals surface area contributed by atoms with Gasteiger partial charge >= 0.3 is 6.03 Å². The van der Waals surface area contributed by atoms with Crippen LogP contribution < -0.4 is 16.0 Å². The van der Waals surface area contributed by atoms with Crippen molar-refractivity contribution < 1.29 is 14.4 Å². The molecule has 0 fully saturated rings. The van der Waals surface area contributed by atoms with Crippen molar-refractivity contribution in [1.29, 1.82) is 0 Å². The second kappa shape index (κ2) is 9.05. The number of benzene rings is 1. The van der Waals surface area contributed by atoms with Crippen molar-refractivity contribution in [1.82, 2.24) is 15.5 Å². The van der Waals surface area contributed by atoms with Gasteiger partial charge in [-0.05, 0) is 44.5 Å². The minimum Gasteiger partial charge on any atom is -0.349 e. The summed E-state index contributed by atoms with van der Waals surface area (Å²) < 4.78 is 0. The summed E-state index contributed by atoms with van der Waals surface area (Å²) in [4.78, 5) is 36.8. The number of urea groups is 1. The molecule has 138 valence electrons. The predicted octanol–water partition coefficient (Wildman–Crippen LogP) is 2.20. The molecule has 0 atom stereocenters. The number of nitrogens with one attached hydrogen (secondary N) is 3. The first-order chi connectivity index (χ1) is 11.6. The predicted molar refractivity (Wildman–Crippen MR) is 98.6 cm³/mol. The van der Waals surface area contributed by atoms with Crippen LogP contribution in [0.5, 0.6) is 0 Å². The monoisotopic (exact) mass is 348 g/mol. The second-order valence-corrected chi connectivity index (χ2v) is 6.69. The van der Waals surface area contributed by atoms with Gasteiger partial charge in [0, 0.05) is 43.9 Å². The molecule has 0 saturated heterocycles. The van der Waals surface area contributed by atoms with Crippen molar-refractivity contribution in [3.05, 3.63) is 29.8 Å². The van der Waals surface area contributed by atoms with E-state index in [-0.39, 0.29) is 30.3 Å². The van der Waals surface area contributed by atoms with Gasteiger partial charge in [-0.25, -0.2) is 4.79 Å². The molecule has 1 rings (SSSR count). The Kier molecular flexibility index (Phi) is 7.42. The van der Waals surface area contributed by atoms with Gasteiger partial charge in [-0.2, -0.15) is 0 Å². The van der Waals surface area contributed by atoms with Gasteiger partial charge in [0.15, 0.2) is 0 Å². The third kappa shape index (κ3) is 7.24. The Morgan fingerprint density at radius 3 is 2.20 bits per heavy atom. The average Bonchev–Trinajstić information content (AvgIpc) is 2.54. The molecule has 0 aliphatic carbocycles. The molecule has 0 aliphatic heterocycles. The van der Waals surface area contributed by atoms with Crippen LogP contribution in [0.15, 0.2) is 24.3 Å². The lowest BCUT2D eigenvalue weighted by atomic mass is 10.0. The van der Waals surface area contributed by atoms with Crippen LogP contribution in [0.3, 0.4) is 0 Å². The Balaban J connectivity index is 2.50. The highest BCUT2D eigenvalue weighted by molar-refractivity contribution is 5.96. The highest BCUT2D eigenvalue weighted by atomic mass is 16.2. The Bertz CT molecular complexity index is 609. The van der Waals surface area contributed by atoms with Crippen LogP contribution >= 0.6 is 0 Å². The summed E-state index contributed by atoms with van der Waals surface area (Å²) in [7, 11) is 3.34. The summed E-state index contributed by atoms with van der Waals surface area (Å²) in [5.74, 6) is -0.198. The molecule has 0 saturated carbocycles. The first-order valence-electron chi connectivity index (χ1n) is 8.32. The fourth-order valence-electron chi connectivity index (χ4n) is 1.85. The molecule has 7 heteroatoms. The smallest absolute Gasteiger partial charge is 0.319 e. The molecule has 25 heavy (non-hydrogen) atoms. The normalized spacial score (nSPS) is 10.8. The van der Waals surface area contributed by atoms with Crippen molar-refractivity contribution in [3.63, 3.8) is 0 Å². The average molecular weight is 348 g/mol. The van der Waals surface area contributed by atoms with Gasteiger partial charge in [-0.3, -0.25) is 9.59 Å². The third-order valence-electron chi connectivity index (χ3n) is 3.86. The van der Waals surface area contributed by atoms with Gasteiger partial charge in [0.1, 0.15) is 0 Å². The maximum atomic E-state index is 12.2. The van der Waals surface area contributed by atoms with E-state index < -0.39 is 6.03 Å². The Morgan fingerprint density at radius 2 is 1.68 bits per heavy atom. The third-order valence-corrected chi connectivity index (χ3v) is 3.86. The molecule has 1 aromatic carbocycles. The number of carbonyl (C=O) groups is 3. The van der Waals surface area contributed by atoms with Crippen LogP contribution in [0.2, 0.25) is 0 Å². The zero-order valence-electron chi connectivity index (χ0n) is 15.6. The Labute approximate surface area is 149 Å². The number of rotatable bonds is 7. The number of anilines is 1. The largest absolute Gasteiger partial charge is 0.349 e. The van der Waals surface area contributed by atoms with Crippen molar-refractivity contribution in [2.24, 2.45) is 0 Å². The molecule has 0 aliphatic rings. The lowest BCUT2D eigenvalue weighted by Crippen LogP contribution is -2.42. The number of carbonyl (C=O) groups excluding carboxylic acids is 3. The summed E-state index contributed by atoms with van der Waals surface area (Å²) in [6.07, 6.45) is 1.07. The van der Waals surface area contributed by atoms with E-state index in [0.29, 0.717) is 11.3 Å². The van der Waals surface area contributed by atoms with E-state index in [2.05, 4.69) is 16.0 Å². The van der Waals surface area contributed by atoms with Crippen LogP contribution in [0.1, 0.15) is 44.0 Å². The van der Waals surface area contributed by atoms with Gasteiger partial charge in [0.2, 0.25) is 5.91 Å². The van der Waals surface area contributed by atoms with Gasteiger partial charge < -0.3 is 20.9 Å². The number of hydrogen-bond donors (Lipinski definition) is 3. The van der Waals surface area contributed by atoms with Gasteiger partial charge in [0.25, 0.3) is 5.91 Å².